The molecule has 0 spiro atoms. The summed E-state index contributed by atoms with van der Waals surface area (Å²) in [5.74, 6) is -1.82. The molecule has 2 rings (SSSR count). The van der Waals surface area contributed by atoms with Crippen LogP contribution in [0.1, 0.15) is 24.2 Å². The van der Waals surface area contributed by atoms with Gasteiger partial charge >= 0.3 is 0 Å². The van der Waals surface area contributed by atoms with Gasteiger partial charge in [0.25, 0.3) is 11.8 Å². The van der Waals surface area contributed by atoms with Gasteiger partial charge in [0.15, 0.2) is 0 Å². The van der Waals surface area contributed by atoms with Gasteiger partial charge in [-0.15, -0.1) is 0 Å². The number of carbonyl (C=O) groups excluding carboxylic acids is 3. The molecule has 1 aromatic rings. The van der Waals surface area contributed by atoms with Crippen LogP contribution in [0.15, 0.2) is 18.2 Å². The number of piperazine rings is 1. The zero-order valence-electron chi connectivity index (χ0n) is 11.1. The number of nitrogens with one attached hydrogen (secondary N) is 1. The maximum Gasteiger partial charge on any atom is 0.255 e. The first-order valence-corrected chi connectivity index (χ1v) is 5.98. The number of nitrogens with zero attached hydrogens (tertiary/aromatic N) is 1. The number of nitrogen functional groups attached to an aromatic ring is 1. The number of carbonyl (C=O) groups is 3. The van der Waals surface area contributed by atoms with Crippen molar-refractivity contribution in [3.63, 3.8) is 0 Å². The van der Waals surface area contributed by atoms with E-state index >= 15 is 0 Å². The summed E-state index contributed by atoms with van der Waals surface area (Å²) < 4.78 is 0. The Bertz CT molecular complexity index is 610. The normalized spacial score (nSPS) is 17.8. The second kappa shape index (κ2) is 4.52. The molecule has 7 heteroatoms. The summed E-state index contributed by atoms with van der Waals surface area (Å²) >= 11 is 0. The van der Waals surface area contributed by atoms with E-state index < -0.39 is 23.3 Å². The second-order valence-electron chi connectivity index (χ2n) is 5.10. The smallest absolute Gasteiger partial charge is 0.255 e. The van der Waals surface area contributed by atoms with Crippen LogP contribution in [0.4, 0.5) is 5.69 Å². The van der Waals surface area contributed by atoms with Gasteiger partial charge < -0.3 is 15.7 Å². The van der Waals surface area contributed by atoms with E-state index in [1.807, 2.05) is 0 Å². The highest BCUT2D eigenvalue weighted by Crippen LogP contribution is 2.25. The van der Waals surface area contributed by atoms with E-state index in [1.54, 1.807) is 13.8 Å². The monoisotopic (exact) mass is 277 g/mol. The lowest BCUT2D eigenvalue weighted by molar-refractivity contribution is -0.143. The van der Waals surface area contributed by atoms with E-state index in [-0.39, 0.29) is 23.5 Å². The topological polar surface area (TPSA) is 113 Å². The molecule has 7 nitrogen and oxygen atoms in total. The molecule has 0 aromatic heterocycles. The van der Waals surface area contributed by atoms with Crippen molar-refractivity contribution in [2.24, 2.45) is 0 Å². The third kappa shape index (κ3) is 2.18. The zero-order chi connectivity index (χ0) is 15.1. The van der Waals surface area contributed by atoms with E-state index in [0.29, 0.717) is 0 Å². The number of amides is 3. The fourth-order valence-electron chi connectivity index (χ4n) is 1.94. The lowest BCUT2D eigenvalue weighted by atomic mass is 9.97. The molecule has 3 amide bonds. The lowest BCUT2D eigenvalue weighted by Crippen LogP contribution is -2.65. The van der Waals surface area contributed by atoms with Gasteiger partial charge in [0.2, 0.25) is 5.91 Å². The standard InChI is InChI=1S/C13H15N3O4/c1-13(2)12(20)15-10(18)6-16(13)11(19)7-3-4-8(14)9(17)5-7/h3-5,17H,6,14H2,1-2H3,(H,15,18,20). The predicted octanol–water partition coefficient (Wildman–Crippen LogP) is -0.148. The number of nitrogens with two attached hydrogens (primary N) is 1. The Hall–Kier alpha value is -2.57. The number of benzene rings is 1. The number of hydrogen-bond donors (Lipinski definition) is 3. The summed E-state index contributed by atoms with van der Waals surface area (Å²) in [6, 6.07) is 4.04. The van der Waals surface area contributed by atoms with E-state index in [0.717, 1.165) is 0 Å². The Balaban J connectivity index is 2.38. The fraction of sp³-hybridized carbons (Fsp3) is 0.308. The number of phenols is 1. The molecule has 0 atom stereocenters. The fourth-order valence-corrected chi connectivity index (χ4v) is 1.94. The van der Waals surface area contributed by atoms with Crippen molar-refractivity contribution in [1.29, 1.82) is 0 Å². The Morgan fingerprint density at radius 1 is 1.40 bits per heavy atom. The minimum atomic E-state index is -1.15. The number of phenolic OH excluding ortho intramolecular Hbond substituents is 1. The molecule has 0 aliphatic carbocycles. The van der Waals surface area contributed by atoms with Crippen molar-refractivity contribution >= 4 is 23.4 Å². The molecule has 4 N–H and O–H groups in total. The van der Waals surface area contributed by atoms with Crippen molar-refractivity contribution in [2.75, 3.05) is 12.3 Å². The molecule has 0 saturated carbocycles. The van der Waals surface area contributed by atoms with Crippen LogP contribution in [0.3, 0.4) is 0 Å². The van der Waals surface area contributed by atoms with Crippen molar-refractivity contribution in [3.05, 3.63) is 23.8 Å². The molecule has 1 aromatic carbocycles. The first kappa shape index (κ1) is 13.9. The first-order chi connectivity index (χ1) is 9.23. The van der Waals surface area contributed by atoms with Crippen LogP contribution in [-0.2, 0) is 9.59 Å². The number of rotatable bonds is 1. The SMILES string of the molecule is CC1(C)C(=O)NC(=O)CN1C(=O)c1ccc(N)c(O)c1. The Kier molecular flexibility index (Phi) is 3.13. The van der Waals surface area contributed by atoms with Crippen molar-refractivity contribution in [1.82, 2.24) is 10.2 Å². The van der Waals surface area contributed by atoms with Crippen LogP contribution in [0, 0.1) is 0 Å². The molecular weight excluding hydrogens is 262 g/mol. The molecule has 0 radical (unpaired) electrons. The van der Waals surface area contributed by atoms with Crippen LogP contribution >= 0.6 is 0 Å². The van der Waals surface area contributed by atoms with Crippen LogP contribution in [-0.4, -0.2) is 39.8 Å². The van der Waals surface area contributed by atoms with Crippen molar-refractivity contribution in [2.45, 2.75) is 19.4 Å². The third-order valence-corrected chi connectivity index (χ3v) is 3.31. The Morgan fingerprint density at radius 2 is 2.05 bits per heavy atom. The van der Waals surface area contributed by atoms with Gasteiger partial charge in [-0.2, -0.15) is 0 Å². The van der Waals surface area contributed by atoms with Crippen LogP contribution in [0.25, 0.3) is 0 Å². The lowest BCUT2D eigenvalue weighted by Gasteiger charge is -2.40. The molecular formula is C13H15N3O4. The predicted molar refractivity (Wildman–Crippen MR) is 70.8 cm³/mol. The molecule has 0 bridgehead atoms. The molecule has 1 aliphatic rings. The molecule has 20 heavy (non-hydrogen) atoms. The number of anilines is 1. The number of hydrogen-bond acceptors (Lipinski definition) is 5. The van der Waals surface area contributed by atoms with E-state index in [1.165, 1.54) is 23.1 Å². The van der Waals surface area contributed by atoms with Gasteiger partial charge in [0.05, 0.1) is 5.69 Å². The minimum absolute atomic E-state index is 0.147. The average molecular weight is 277 g/mol. The van der Waals surface area contributed by atoms with Gasteiger partial charge in [-0.25, -0.2) is 0 Å². The van der Waals surface area contributed by atoms with E-state index in [4.69, 9.17) is 5.73 Å². The largest absolute Gasteiger partial charge is 0.506 e. The van der Waals surface area contributed by atoms with Gasteiger partial charge in [-0.3, -0.25) is 19.7 Å². The summed E-state index contributed by atoms with van der Waals surface area (Å²) in [4.78, 5) is 36.8. The van der Waals surface area contributed by atoms with Crippen molar-refractivity contribution < 1.29 is 19.5 Å². The maximum absolute atomic E-state index is 12.4. The van der Waals surface area contributed by atoms with E-state index in [9.17, 15) is 19.5 Å². The molecule has 106 valence electrons. The highest BCUT2D eigenvalue weighted by Gasteiger charge is 2.43. The number of aromatic hydroxyl groups is 1. The molecule has 1 aliphatic heterocycles. The highest BCUT2D eigenvalue weighted by molar-refractivity contribution is 6.09. The summed E-state index contributed by atoms with van der Waals surface area (Å²) in [7, 11) is 0. The molecule has 0 unspecified atom stereocenters. The molecule has 1 saturated heterocycles. The molecule has 1 fully saturated rings. The maximum atomic E-state index is 12.4. The average Bonchev–Trinajstić information content (AvgIpc) is 2.36. The first-order valence-electron chi connectivity index (χ1n) is 5.98. The van der Waals surface area contributed by atoms with Crippen molar-refractivity contribution in [3.8, 4) is 5.75 Å². The van der Waals surface area contributed by atoms with Crippen LogP contribution in [0.2, 0.25) is 0 Å². The zero-order valence-corrected chi connectivity index (χ0v) is 11.1. The minimum Gasteiger partial charge on any atom is -0.506 e. The summed E-state index contributed by atoms with van der Waals surface area (Å²) in [5, 5.41) is 11.7. The third-order valence-electron chi connectivity index (χ3n) is 3.31. The highest BCUT2D eigenvalue weighted by atomic mass is 16.3. The Labute approximate surface area is 115 Å². The van der Waals surface area contributed by atoms with Crippen LogP contribution in [0.5, 0.6) is 5.75 Å². The molecule has 1 heterocycles. The number of imide groups is 1. The van der Waals surface area contributed by atoms with Gasteiger partial charge in [0, 0.05) is 5.56 Å². The van der Waals surface area contributed by atoms with Gasteiger partial charge in [0.1, 0.15) is 17.8 Å². The summed E-state index contributed by atoms with van der Waals surface area (Å²) in [6.45, 7) is 2.87. The van der Waals surface area contributed by atoms with Gasteiger partial charge in [-0.05, 0) is 32.0 Å². The van der Waals surface area contributed by atoms with E-state index in [2.05, 4.69) is 5.32 Å². The Morgan fingerprint density at radius 3 is 2.65 bits per heavy atom. The van der Waals surface area contributed by atoms with Crippen LogP contribution < -0.4 is 11.1 Å². The second-order valence-corrected chi connectivity index (χ2v) is 5.10. The summed E-state index contributed by atoms with van der Waals surface area (Å²) in [5.41, 5.74) is 4.63. The quantitative estimate of drug-likeness (QED) is 0.375. The summed E-state index contributed by atoms with van der Waals surface area (Å²) in [6.07, 6.45) is 0. The van der Waals surface area contributed by atoms with Gasteiger partial charge in [-0.1, -0.05) is 0 Å².